The number of carboxylic acids is 1. The Morgan fingerprint density at radius 3 is 2.82 bits per heavy atom. The lowest BCUT2D eigenvalue weighted by atomic mass is 10.1. The molecular weight excluding hydrogens is 225 g/mol. The van der Waals surface area contributed by atoms with E-state index in [4.69, 9.17) is 9.84 Å². The van der Waals surface area contributed by atoms with Crippen LogP contribution >= 0.6 is 0 Å². The zero-order valence-electron chi connectivity index (χ0n) is 9.11. The molecule has 0 bridgehead atoms. The highest BCUT2D eigenvalue weighted by Gasteiger charge is 2.11. The minimum Gasteiger partial charge on any atom is -0.494 e. The topological polar surface area (TPSA) is 59.4 Å². The van der Waals surface area contributed by atoms with E-state index in [2.05, 4.69) is 4.98 Å². The number of rotatable bonds is 3. The molecule has 1 aromatic carbocycles. The van der Waals surface area contributed by atoms with Crippen LogP contribution in [0.4, 0.5) is 4.39 Å². The minimum atomic E-state index is -1.06. The summed E-state index contributed by atoms with van der Waals surface area (Å²) in [5.74, 6) is -0.693. The largest absolute Gasteiger partial charge is 0.494 e. The van der Waals surface area contributed by atoms with Gasteiger partial charge in [0.25, 0.3) is 0 Å². The number of benzene rings is 1. The van der Waals surface area contributed by atoms with E-state index in [-0.39, 0.29) is 5.56 Å². The molecule has 0 amide bonds. The molecular formula is C12H10FNO3. The Bertz CT molecular complexity index is 583. The van der Waals surface area contributed by atoms with Crippen molar-refractivity contribution >= 4 is 16.9 Å². The molecule has 0 saturated carbocycles. The van der Waals surface area contributed by atoms with Gasteiger partial charge in [-0.2, -0.15) is 0 Å². The summed E-state index contributed by atoms with van der Waals surface area (Å²) in [6.45, 7) is -0.636. The maximum atomic E-state index is 12.5. The summed E-state index contributed by atoms with van der Waals surface area (Å²) in [5.41, 5.74) is 1.02. The molecule has 1 N–H and O–H groups in total. The molecule has 0 aliphatic heterocycles. The summed E-state index contributed by atoms with van der Waals surface area (Å²) in [6.07, 6.45) is 1.41. The van der Waals surface area contributed by atoms with Gasteiger partial charge in [-0.25, -0.2) is 9.18 Å². The molecule has 5 heteroatoms. The second-order valence-corrected chi connectivity index (χ2v) is 3.53. The second kappa shape index (κ2) is 4.37. The fraction of sp³-hybridized carbons (Fsp3) is 0.167. The third-order valence-corrected chi connectivity index (χ3v) is 2.43. The molecule has 0 atom stereocenters. The summed E-state index contributed by atoms with van der Waals surface area (Å²) in [6, 6.07) is 4.41. The van der Waals surface area contributed by atoms with Gasteiger partial charge in [0.15, 0.2) is 0 Å². The first kappa shape index (κ1) is 11.3. The van der Waals surface area contributed by atoms with Crippen LogP contribution in [-0.2, 0) is 6.67 Å². The lowest BCUT2D eigenvalue weighted by Gasteiger charge is -2.07. The van der Waals surface area contributed by atoms with Crippen LogP contribution in [-0.4, -0.2) is 23.2 Å². The number of methoxy groups -OCH3 is 1. The van der Waals surface area contributed by atoms with E-state index in [1.807, 2.05) is 0 Å². The van der Waals surface area contributed by atoms with Crippen molar-refractivity contribution in [2.24, 2.45) is 0 Å². The van der Waals surface area contributed by atoms with Gasteiger partial charge in [-0.05, 0) is 18.2 Å². The number of halogens is 1. The van der Waals surface area contributed by atoms with Crippen molar-refractivity contribution < 1.29 is 19.0 Å². The fourth-order valence-electron chi connectivity index (χ4n) is 1.61. The Labute approximate surface area is 96.7 Å². The zero-order chi connectivity index (χ0) is 12.4. The van der Waals surface area contributed by atoms with Crippen LogP contribution < -0.4 is 4.74 Å². The van der Waals surface area contributed by atoms with Gasteiger partial charge in [-0.15, -0.1) is 0 Å². The Morgan fingerprint density at radius 1 is 1.47 bits per heavy atom. The standard InChI is InChI=1S/C12H10FNO3/c1-17-10-4-9(12(15)16)3-8-2-7(5-13)6-14-11(8)10/h2-4,6H,5H2,1H3,(H,15,16). The Kier molecular flexibility index (Phi) is 2.91. The molecule has 0 spiro atoms. The molecule has 17 heavy (non-hydrogen) atoms. The van der Waals surface area contributed by atoms with Crippen LogP contribution in [0.1, 0.15) is 15.9 Å². The van der Waals surface area contributed by atoms with Gasteiger partial charge < -0.3 is 9.84 Å². The molecule has 0 aliphatic rings. The highest BCUT2D eigenvalue weighted by molar-refractivity contribution is 5.96. The smallest absolute Gasteiger partial charge is 0.335 e. The average Bonchev–Trinajstić information content (AvgIpc) is 2.36. The number of aromatic carboxylic acids is 1. The summed E-state index contributed by atoms with van der Waals surface area (Å²) in [4.78, 5) is 15.0. The average molecular weight is 235 g/mol. The number of pyridine rings is 1. The van der Waals surface area contributed by atoms with Crippen molar-refractivity contribution in [1.29, 1.82) is 0 Å². The molecule has 2 aromatic rings. The normalized spacial score (nSPS) is 10.5. The first-order valence-corrected chi connectivity index (χ1v) is 4.91. The van der Waals surface area contributed by atoms with Gasteiger partial charge in [-0.1, -0.05) is 0 Å². The van der Waals surface area contributed by atoms with Gasteiger partial charge in [0.2, 0.25) is 0 Å². The fourth-order valence-corrected chi connectivity index (χ4v) is 1.61. The third-order valence-electron chi connectivity index (χ3n) is 2.43. The number of aromatic nitrogens is 1. The molecule has 1 aromatic heterocycles. The first-order chi connectivity index (χ1) is 8.15. The van der Waals surface area contributed by atoms with Gasteiger partial charge in [-0.3, -0.25) is 4.98 Å². The highest BCUT2D eigenvalue weighted by Crippen LogP contribution is 2.26. The maximum Gasteiger partial charge on any atom is 0.335 e. The van der Waals surface area contributed by atoms with Crippen LogP contribution in [0, 0.1) is 0 Å². The number of nitrogens with zero attached hydrogens (tertiary/aromatic N) is 1. The molecule has 0 fully saturated rings. The quantitative estimate of drug-likeness (QED) is 0.887. The Morgan fingerprint density at radius 2 is 2.24 bits per heavy atom. The van der Waals surface area contributed by atoms with Gasteiger partial charge in [0, 0.05) is 17.1 Å². The number of fused-ring (bicyclic) bond motifs is 1. The maximum absolute atomic E-state index is 12.5. The van der Waals surface area contributed by atoms with E-state index in [0.717, 1.165) is 0 Å². The van der Waals surface area contributed by atoms with Gasteiger partial charge in [0.1, 0.15) is 17.9 Å². The molecule has 0 aliphatic carbocycles. The highest BCUT2D eigenvalue weighted by atomic mass is 19.1. The summed E-state index contributed by atoms with van der Waals surface area (Å²) in [7, 11) is 1.44. The van der Waals surface area contributed by atoms with Gasteiger partial charge >= 0.3 is 5.97 Å². The lowest BCUT2D eigenvalue weighted by Crippen LogP contribution is -1.98. The van der Waals surface area contributed by atoms with Gasteiger partial charge in [0.05, 0.1) is 12.7 Å². The van der Waals surface area contributed by atoms with E-state index >= 15 is 0 Å². The summed E-state index contributed by atoms with van der Waals surface area (Å²) in [5, 5.41) is 9.49. The van der Waals surface area contributed by atoms with E-state index in [1.165, 1.54) is 25.4 Å². The number of ether oxygens (including phenoxy) is 1. The SMILES string of the molecule is COc1cc(C(=O)O)cc2cc(CF)cnc12. The van der Waals surface area contributed by atoms with Crippen LogP contribution in [0.15, 0.2) is 24.4 Å². The summed E-state index contributed by atoms with van der Waals surface area (Å²) >= 11 is 0. The van der Waals surface area contributed by atoms with Crippen molar-refractivity contribution in [3.05, 3.63) is 35.5 Å². The van der Waals surface area contributed by atoms with Crippen LogP contribution in [0.2, 0.25) is 0 Å². The third kappa shape index (κ3) is 2.04. The van der Waals surface area contributed by atoms with E-state index < -0.39 is 12.6 Å². The number of carbonyl (C=O) groups is 1. The minimum absolute atomic E-state index is 0.0900. The summed E-state index contributed by atoms with van der Waals surface area (Å²) < 4.78 is 17.6. The molecule has 0 radical (unpaired) electrons. The molecule has 1 heterocycles. The van der Waals surface area contributed by atoms with E-state index in [9.17, 15) is 9.18 Å². The second-order valence-electron chi connectivity index (χ2n) is 3.53. The van der Waals surface area contributed by atoms with Crippen LogP contribution in [0.25, 0.3) is 10.9 Å². The molecule has 0 unspecified atom stereocenters. The predicted octanol–water partition coefficient (Wildman–Crippen LogP) is 2.41. The van der Waals surface area contributed by atoms with Crippen molar-refractivity contribution in [3.8, 4) is 5.75 Å². The number of carboxylic acid groups (broad SMARTS) is 1. The van der Waals surface area contributed by atoms with E-state index in [1.54, 1.807) is 6.07 Å². The zero-order valence-corrected chi connectivity index (χ0v) is 9.11. The van der Waals surface area contributed by atoms with Crippen molar-refractivity contribution in [2.45, 2.75) is 6.67 Å². The van der Waals surface area contributed by atoms with Crippen molar-refractivity contribution in [2.75, 3.05) is 7.11 Å². The Hall–Kier alpha value is -2.17. The lowest BCUT2D eigenvalue weighted by molar-refractivity contribution is 0.0696. The molecule has 2 rings (SSSR count). The van der Waals surface area contributed by atoms with Crippen molar-refractivity contribution in [1.82, 2.24) is 4.98 Å². The first-order valence-electron chi connectivity index (χ1n) is 4.91. The predicted molar refractivity (Wildman–Crippen MR) is 60.1 cm³/mol. The van der Waals surface area contributed by atoms with E-state index in [0.29, 0.717) is 22.2 Å². The van der Waals surface area contributed by atoms with Crippen LogP contribution in [0.3, 0.4) is 0 Å². The number of alkyl halides is 1. The number of hydrogen-bond acceptors (Lipinski definition) is 3. The molecule has 0 saturated heterocycles. The Balaban J connectivity index is 2.73. The van der Waals surface area contributed by atoms with Crippen LogP contribution in [0.5, 0.6) is 5.75 Å². The van der Waals surface area contributed by atoms with Crippen molar-refractivity contribution in [3.63, 3.8) is 0 Å². The molecule has 4 nitrogen and oxygen atoms in total. The molecule has 88 valence electrons. The number of hydrogen-bond donors (Lipinski definition) is 1. The monoisotopic (exact) mass is 235 g/mol.